The minimum Gasteiger partial charge on any atom is -0.460 e. The van der Waals surface area contributed by atoms with Crippen molar-refractivity contribution in [3.63, 3.8) is 0 Å². The van der Waals surface area contributed by atoms with Crippen LogP contribution in [0.15, 0.2) is 30.6 Å². The zero-order valence-electron chi connectivity index (χ0n) is 12.5. The van der Waals surface area contributed by atoms with Crippen molar-refractivity contribution in [1.29, 1.82) is 0 Å². The normalized spacial score (nSPS) is 10.4. The van der Waals surface area contributed by atoms with Crippen LogP contribution in [0.5, 0.6) is 0 Å². The first-order valence-electron chi connectivity index (χ1n) is 6.70. The largest absolute Gasteiger partial charge is 0.460 e. The zero-order valence-corrected chi connectivity index (χ0v) is 12.5. The second-order valence-electron chi connectivity index (χ2n) is 4.97. The minimum atomic E-state index is -0.371. The van der Waals surface area contributed by atoms with Gasteiger partial charge < -0.3 is 19.9 Å². The summed E-state index contributed by atoms with van der Waals surface area (Å²) >= 11 is 0. The summed E-state index contributed by atoms with van der Waals surface area (Å²) in [7, 11) is 3.80. The van der Waals surface area contributed by atoms with Gasteiger partial charge in [-0.15, -0.1) is 0 Å². The molecule has 1 aromatic heterocycles. The summed E-state index contributed by atoms with van der Waals surface area (Å²) in [5, 5.41) is 0. The highest BCUT2D eigenvalue weighted by Crippen LogP contribution is 2.22. The molecule has 0 bridgehead atoms. The lowest BCUT2D eigenvalue weighted by atomic mass is 10.1. The van der Waals surface area contributed by atoms with E-state index in [0.29, 0.717) is 24.4 Å². The van der Waals surface area contributed by atoms with Crippen LogP contribution in [-0.2, 0) is 11.3 Å². The standard InChI is InChI=1S/C15H20N4O2/c1-11-17-6-7-19(11)8-9-21-15(20)12-4-5-14(18(2)3)13(16)10-12/h4-7,10H,8-9,16H2,1-3H3. The topological polar surface area (TPSA) is 73.4 Å². The maximum Gasteiger partial charge on any atom is 0.338 e. The number of rotatable bonds is 5. The van der Waals surface area contributed by atoms with E-state index in [0.717, 1.165) is 11.5 Å². The molecule has 6 heteroatoms. The molecular weight excluding hydrogens is 268 g/mol. The van der Waals surface area contributed by atoms with Crippen LogP contribution in [0.25, 0.3) is 0 Å². The molecule has 0 spiro atoms. The van der Waals surface area contributed by atoms with E-state index in [1.165, 1.54) is 0 Å². The van der Waals surface area contributed by atoms with Crippen LogP contribution in [0.3, 0.4) is 0 Å². The van der Waals surface area contributed by atoms with Crippen LogP contribution in [0.2, 0.25) is 0 Å². The Balaban J connectivity index is 1.94. The number of nitrogens with zero attached hydrogens (tertiary/aromatic N) is 3. The second-order valence-corrected chi connectivity index (χ2v) is 4.97. The van der Waals surface area contributed by atoms with Gasteiger partial charge in [-0.3, -0.25) is 0 Å². The van der Waals surface area contributed by atoms with Crippen molar-refractivity contribution in [3.05, 3.63) is 42.0 Å². The van der Waals surface area contributed by atoms with Gasteiger partial charge in [-0.2, -0.15) is 0 Å². The van der Waals surface area contributed by atoms with Gasteiger partial charge in [0, 0.05) is 26.5 Å². The number of nitrogen functional groups attached to an aromatic ring is 1. The Morgan fingerprint density at radius 3 is 2.76 bits per heavy atom. The van der Waals surface area contributed by atoms with Crippen LogP contribution >= 0.6 is 0 Å². The maximum atomic E-state index is 12.0. The van der Waals surface area contributed by atoms with Gasteiger partial charge in [-0.05, 0) is 25.1 Å². The number of aromatic nitrogens is 2. The third-order valence-electron chi connectivity index (χ3n) is 3.23. The Morgan fingerprint density at radius 2 is 2.19 bits per heavy atom. The summed E-state index contributed by atoms with van der Waals surface area (Å²) in [5.41, 5.74) is 7.81. The Labute approximate surface area is 124 Å². The number of carbonyl (C=O) groups is 1. The molecule has 2 rings (SSSR count). The van der Waals surface area contributed by atoms with Crippen molar-refractivity contribution in [2.45, 2.75) is 13.5 Å². The van der Waals surface area contributed by atoms with E-state index in [1.54, 1.807) is 18.3 Å². The van der Waals surface area contributed by atoms with Gasteiger partial charge in [-0.25, -0.2) is 9.78 Å². The van der Waals surface area contributed by atoms with Crippen LogP contribution in [0.4, 0.5) is 11.4 Å². The smallest absolute Gasteiger partial charge is 0.338 e. The molecule has 0 aliphatic heterocycles. The highest BCUT2D eigenvalue weighted by atomic mass is 16.5. The zero-order chi connectivity index (χ0) is 15.4. The molecule has 0 saturated carbocycles. The van der Waals surface area contributed by atoms with E-state index in [1.807, 2.05) is 42.7 Å². The number of ether oxygens (including phenoxy) is 1. The lowest BCUT2D eigenvalue weighted by Gasteiger charge is -2.15. The van der Waals surface area contributed by atoms with Crippen LogP contribution in [0.1, 0.15) is 16.2 Å². The number of aryl methyl sites for hydroxylation is 1. The number of anilines is 2. The predicted molar refractivity (Wildman–Crippen MR) is 82.4 cm³/mol. The first kappa shape index (κ1) is 14.9. The van der Waals surface area contributed by atoms with Gasteiger partial charge in [0.25, 0.3) is 0 Å². The molecule has 0 saturated heterocycles. The molecule has 1 aromatic carbocycles. The van der Waals surface area contributed by atoms with E-state index in [9.17, 15) is 4.79 Å². The number of hydrogen-bond donors (Lipinski definition) is 1. The van der Waals surface area contributed by atoms with Crippen LogP contribution in [-0.4, -0.2) is 36.2 Å². The van der Waals surface area contributed by atoms with Gasteiger partial charge in [0.05, 0.1) is 23.5 Å². The lowest BCUT2D eigenvalue weighted by Crippen LogP contribution is -2.14. The Kier molecular flexibility index (Phi) is 4.47. The Hall–Kier alpha value is -2.50. The number of hydrogen-bond acceptors (Lipinski definition) is 5. The fraction of sp³-hybridized carbons (Fsp3) is 0.333. The van der Waals surface area contributed by atoms with E-state index >= 15 is 0 Å². The lowest BCUT2D eigenvalue weighted by molar-refractivity contribution is 0.0490. The van der Waals surface area contributed by atoms with Crippen LogP contribution < -0.4 is 10.6 Å². The van der Waals surface area contributed by atoms with Crippen molar-refractivity contribution >= 4 is 17.3 Å². The molecule has 2 aromatic rings. The average Bonchev–Trinajstić information content (AvgIpc) is 2.83. The fourth-order valence-electron chi connectivity index (χ4n) is 2.05. The molecule has 2 N–H and O–H groups in total. The predicted octanol–water partition coefficient (Wildman–Crippen LogP) is 1.70. The third-order valence-corrected chi connectivity index (χ3v) is 3.23. The van der Waals surface area contributed by atoms with Crippen LogP contribution in [0, 0.1) is 6.92 Å². The molecule has 0 fully saturated rings. The number of carbonyl (C=O) groups excluding carboxylic acids is 1. The maximum absolute atomic E-state index is 12.0. The molecule has 0 aliphatic rings. The Morgan fingerprint density at radius 1 is 1.43 bits per heavy atom. The average molecular weight is 288 g/mol. The third kappa shape index (κ3) is 3.53. The highest BCUT2D eigenvalue weighted by molar-refractivity contribution is 5.92. The number of imidazole rings is 1. The number of benzene rings is 1. The minimum absolute atomic E-state index is 0.297. The first-order valence-corrected chi connectivity index (χ1v) is 6.70. The van der Waals surface area contributed by atoms with Crippen molar-refractivity contribution in [1.82, 2.24) is 9.55 Å². The molecule has 0 amide bonds. The molecule has 0 aliphatic carbocycles. The molecule has 0 radical (unpaired) electrons. The quantitative estimate of drug-likeness (QED) is 0.669. The van der Waals surface area contributed by atoms with E-state index in [4.69, 9.17) is 10.5 Å². The summed E-state index contributed by atoms with van der Waals surface area (Å²) in [6.45, 7) is 2.79. The van der Waals surface area contributed by atoms with E-state index in [2.05, 4.69) is 4.98 Å². The van der Waals surface area contributed by atoms with Gasteiger partial charge in [0.1, 0.15) is 12.4 Å². The first-order chi connectivity index (χ1) is 9.99. The highest BCUT2D eigenvalue weighted by Gasteiger charge is 2.10. The number of nitrogens with two attached hydrogens (primary N) is 1. The fourth-order valence-corrected chi connectivity index (χ4v) is 2.05. The van der Waals surface area contributed by atoms with Gasteiger partial charge in [0.2, 0.25) is 0 Å². The second kappa shape index (κ2) is 6.30. The van der Waals surface area contributed by atoms with Crippen molar-refractivity contribution in [3.8, 4) is 0 Å². The van der Waals surface area contributed by atoms with Crippen molar-refractivity contribution in [2.24, 2.45) is 0 Å². The SMILES string of the molecule is Cc1nccn1CCOC(=O)c1ccc(N(C)C)c(N)c1. The molecule has 112 valence electrons. The Bertz CT molecular complexity index is 634. The molecule has 0 unspecified atom stereocenters. The molecule has 1 heterocycles. The summed E-state index contributed by atoms with van der Waals surface area (Å²) in [4.78, 5) is 18.0. The summed E-state index contributed by atoms with van der Waals surface area (Å²) in [6, 6.07) is 5.17. The monoisotopic (exact) mass is 288 g/mol. The van der Waals surface area contributed by atoms with E-state index < -0.39 is 0 Å². The van der Waals surface area contributed by atoms with Crippen molar-refractivity contribution < 1.29 is 9.53 Å². The molecule has 21 heavy (non-hydrogen) atoms. The van der Waals surface area contributed by atoms with Gasteiger partial charge in [-0.1, -0.05) is 0 Å². The summed E-state index contributed by atoms with van der Waals surface area (Å²) < 4.78 is 7.18. The van der Waals surface area contributed by atoms with Crippen molar-refractivity contribution in [2.75, 3.05) is 31.3 Å². The van der Waals surface area contributed by atoms with Gasteiger partial charge >= 0.3 is 5.97 Å². The summed E-state index contributed by atoms with van der Waals surface area (Å²) in [6.07, 6.45) is 3.57. The molecule has 6 nitrogen and oxygen atoms in total. The van der Waals surface area contributed by atoms with Gasteiger partial charge in [0.15, 0.2) is 0 Å². The molecular formula is C15H20N4O2. The number of esters is 1. The summed E-state index contributed by atoms with van der Waals surface area (Å²) in [5.74, 6) is 0.524. The molecule has 0 atom stereocenters. The van der Waals surface area contributed by atoms with E-state index in [-0.39, 0.29) is 5.97 Å².